The molecule has 1 amide bonds. The van der Waals surface area contributed by atoms with Crippen LogP contribution in [-0.2, 0) is 13.0 Å². The summed E-state index contributed by atoms with van der Waals surface area (Å²) < 4.78 is 1.71. The molecule has 0 unspecified atom stereocenters. The number of nitrogens with zero attached hydrogens (tertiary/aromatic N) is 4. The fraction of sp³-hybridized carbons (Fsp3) is 0.500. The number of nitrogens with two attached hydrogens (primary N) is 1. The van der Waals surface area contributed by atoms with Gasteiger partial charge in [0.25, 0.3) is 5.91 Å². The van der Waals surface area contributed by atoms with E-state index in [0.29, 0.717) is 23.8 Å². The molecule has 0 atom stereocenters. The lowest BCUT2D eigenvalue weighted by Crippen LogP contribution is -2.26. The van der Waals surface area contributed by atoms with Gasteiger partial charge in [0.15, 0.2) is 10.8 Å². The number of aliphatic hydroxyl groups is 1. The molecular weight excluding hydrogens is 278 g/mol. The van der Waals surface area contributed by atoms with Crippen molar-refractivity contribution >= 4 is 17.2 Å². The Morgan fingerprint density at radius 1 is 1.55 bits per heavy atom. The van der Waals surface area contributed by atoms with E-state index in [1.165, 1.54) is 17.7 Å². The zero-order valence-electron chi connectivity index (χ0n) is 11.6. The maximum absolute atomic E-state index is 11.4. The highest BCUT2D eigenvalue weighted by molar-refractivity contribution is 7.15. The normalized spacial score (nSPS) is 11.8. The van der Waals surface area contributed by atoms with Crippen LogP contribution in [0.25, 0.3) is 10.8 Å². The first-order valence-corrected chi connectivity index (χ1v) is 7.03. The Morgan fingerprint density at radius 2 is 2.25 bits per heavy atom. The van der Waals surface area contributed by atoms with Crippen molar-refractivity contribution in [2.24, 2.45) is 5.73 Å². The lowest BCUT2D eigenvalue weighted by molar-refractivity contribution is 0.0618. The molecular formula is C12H17N5O2S. The molecule has 0 aliphatic carbocycles. The maximum atomic E-state index is 11.4. The Labute approximate surface area is 120 Å². The van der Waals surface area contributed by atoms with E-state index in [1.807, 2.05) is 6.92 Å². The third-order valence-electron chi connectivity index (χ3n) is 2.62. The van der Waals surface area contributed by atoms with Gasteiger partial charge < -0.3 is 15.4 Å². The van der Waals surface area contributed by atoms with Crippen LogP contribution in [0, 0.1) is 0 Å². The molecule has 2 aromatic rings. The number of carbonyl (C=O) groups is 1. The van der Waals surface area contributed by atoms with Crippen molar-refractivity contribution in [3.63, 3.8) is 0 Å². The van der Waals surface area contributed by atoms with E-state index in [0.717, 1.165) is 4.88 Å². The second kappa shape index (κ2) is 5.29. The molecule has 2 rings (SSSR count). The lowest BCUT2D eigenvalue weighted by Gasteiger charge is -2.17. The minimum absolute atomic E-state index is 0.283. The number of thiazole rings is 1. The van der Waals surface area contributed by atoms with Gasteiger partial charge in [0, 0.05) is 4.88 Å². The summed E-state index contributed by atoms with van der Waals surface area (Å²) in [6.45, 7) is 5.67. The Kier molecular flexibility index (Phi) is 3.87. The SMILES string of the molecule is CCc1sc(-c2nncn2CC(C)(C)O)nc1C(N)=O. The second-order valence-corrected chi connectivity index (χ2v) is 6.19. The number of primary amides is 1. The molecule has 8 heteroatoms. The van der Waals surface area contributed by atoms with E-state index in [-0.39, 0.29) is 5.69 Å². The second-order valence-electron chi connectivity index (χ2n) is 5.10. The molecule has 0 aromatic carbocycles. The average molecular weight is 295 g/mol. The monoisotopic (exact) mass is 295 g/mol. The number of rotatable bonds is 5. The van der Waals surface area contributed by atoms with Crippen molar-refractivity contribution < 1.29 is 9.90 Å². The molecule has 0 spiro atoms. The van der Waals surface area contributed by atoms with Crippen LogP contribution in [0.5, 0.6) is 0 Å². The van der Waals surface area contributed by atoms with Gasteiger partial charge in [0.2, 0.25) is 0 Å². The fourth-order valence-corrected chi connectivity index (χ4v) is 2.84. The first kappa shape index (κ1) is 14.6. The smallest absolute Gasteiger partial charge is 0.268 e. The molecule has 0 aliphatic heterocycles. The van der Waals surface area contributed by atoms with Crippen molar-refractivity contribution in [1.82, 2.24) is 19.7 Å². The summed E-state index contributed by atoms with van der Waals surface area (Å²) in [7, 11) is 0. The highest BCUT2D eigenvalue weighted by Gasteiger charge is 2.21. The van der Waals surface area contributed by atoms with Gasteiger partial charge in [-0.05, 0) is 20.3 Å². The minimum atomic E-state index is -0.894. The van der Waals surface area contributed by atoms with Crippen LogP contribution in [0.15, 0.2) is 6.33 Å². The van der Waals surface area contributed by atoms with E-state index >= 15 is 0 Å². The van der Waals surface area contributed by atoms with Gasteiger partial charge >= 0.3 is 0 Å². The van der Waals surface area contributed by atoms with E-state index in [4.69, 9.17) is 5.73 Å². The van der Waals surface area contributed by atoms with Crippen LogP contribution in [-0.4, -0.2) is 36.4 Å². The molecule has 2 aromatic heterocycles. The Morgan fingerprint density at radius 3 is 2.75 bits per heavy atom. The molecule has 108 valence electrons. The van der Waals surface area contributed by atoms with Crippen molar-refractivity contribution in [2.45, 2.75) is 39.3 Å². The highest BCUT2D eigenvalue weighted by Crippen LogP contribution is 2.27. The van der Waals surface area contributed by atoms with Crippen molar-refractivity contribution in [1.29, 1.82) is 0 Å². The highest BCUT2D eigenvalue weighted by atomic mass is 32.1. The summed E-state index contributed by atoms with van der Waals surface area (Å²) >= 11 is 1.37. The summed E-state index contributed by atoms with van der Waals surface area (Å²) in [5.41, 5.74) is 4.71. The predicted molar refractivity (Wildman–Crippen MR) is 75.3 cm³/mol. The quantitative estimate of drug-likeness (QED) is 0.849. The lowest BCUT2D eigenvalue weighted by atomic mass is 10.1. The Hall–Kier alpha value is -1.80. The van der Waals surface area contributed by atoms with E-state index in [1.54, 1.807) is 18.4 Å². The third kappa shape index (κ3) is 3.02. The van der Waals surface area contributed by atoms with Gasteiger partial charge in [0.05, 0.1) is 12.1 Å². The predicted octanol–water partition coefficient (Wildman–Crippen LogP) is 0.834. The van der Waals surface area contributed by atoms with E-state index < -0.39 is 11.5 Å². The van der Waals surface area contributed by atoms with Crippen LogP contribution in [0.1, 0.15) is 36.1 Å². The van der Waals surface area contributed by atoms with Crippen LogP contribution in [0.4, 0.5) is 0 Å². The molecule has 20 heavy (non-hydrogen) atoms. The molecule has 0 radical (unpaired) electrons. The average Bonchev–Trinajstić information content (AvgIpc) is 2.92. The molecule has 0 saturated carbocycles. The number of amides is 1. The zero-order chi connectivity index (χ0) is 14.9. The maximum Gasteiger partial charge on any atom is 0.268 e. The number of hydrogen-bond acceptors (Lipinski definition) is 6. The van der Waals surface area contributed by atoms with Crippen LogP contribution in [0.2, 0.25) is 0 Å². The van der Waals surface area contributed by atoms with Crippen LogP contribution < -0.4 is 5.73 Å². The van der Waals surface area contributed by atoms with Gasteiger partial charge in [-0.2, -0.15) is 0 Å². The third-order valence-corrected chi connectivity index (χ3v) is 3.81. The first-order chi connectivity index (χ1) is 9.31. The molecule has 7 nitrogen and oxygen atoms in total. The van der Waals surface area contributed by atoms with E-state index in [9.17, 15) is 9.90 Å². The number of carbonyl (C=O) groups excluding carboxylic acids is 1. The summed E-state index contributed by atoms with van der Waals surface area (Å²) in [5.74, 6) is -0.0165. The Balaban J connectivity index is 2.42. The Bertz CT molecular complexity index is 626. The van der Waals surface area contributed by atoms with Gasteiger partial charge in [-0.3, -0.25) is 4.79 Å². The molecule has 0 bridgehead atoms. The van der Waals surface area contributed by atoms with Crippen LogP contribution in [0.3, 0.4) is 0 Å². The largest absolute Gasteiger partial charge is 0.389 e. The first-order valence-electron chi connectivity index (χ1n) is 6.22. The summed E-state index contributed by atoms with van der Waals surface area (Å²) in [6, 6.07) is 0. The molecule has 0 fully saturated rings. The number of hydrogen-bond donors (Lipinski definition) is 2. The van der Waals surface area contributed by atoms with Crippen molar-refractivity contribution in [3.05, 3.63) is 16.9 Å². The van der Waals surface area contributed by atoms with Gasteiger partial charge in [-0.25, -0.2) is 4.98 Å². The number of aryl methyl sites for hydroxylation is 1. The van der Waals surface area contributed by atoms with Crippen molar-refractivity contribution in [2.75, 3.05) is 0 Å². The molecule has 0 saturated heterocycles. The zero-order valence-corrected chi connectivity index (χ0v) is 12.4. The van der Waals surface area contributed by atoms with E-state index in [2.05, 4.69) is 15.2 Å². The summed E-state index contributed by atoms with van der Waals surface area (Å²) in [5, 5.41) is 18.3. The van der Waals surface area contributed by atoms with Crippen molar-refractivity contribution in [3.8, 4) is 10.8 Å². The molecule has 3 N–H and O–H groups in total. The standard InChI is InChI=1S/C12H17N5O2S/c1-4-7-8(9(13)18)15-11(20-7)10-16-14-6-17(10)5-12(2,3)19/h6,19H,4-5H2,1-3H3,(H2,13,18). The van der Waals surface area contributed by atoms with Gasteiger partial charge in [-0.15, -0.1) is 21.5 Å². The number of aromatic nitrogens is 4. The minimum Gasteiger partial charge on any atom is -0.389 e. The molecule has 2 heterocycles. The topological polar surface area (TPSA) is 107 Å². The molecule has 0 aliphatic rings. The summed E-state index contributed by atoms with van der Waals surface area (Å²) in [6.07, 6.45) is 2.21. The van der Waals surface area contributed by atoms with Gasteiger partial charge in [0.1, 0.15) is 12.0 Å². The summed E-state index contributed by atoms with van der Waals surface area (Å²) in [4.78, 5) is 16.4. The van der Waals surface area contributed by atoms with Gasteiger partial charge in [-0.1, -0.05) is 6.92 Å². The fourth-order valence-electron chi connectivity index (χ4n) is 1.83. The van der Waals surface area contributed by atoms with Crippen LogP contribution >= 0.6 is 11.3 Å².